The van der Waals surface area contributed by atoms with Gasteiger partial charge in [0.25, 0.3) is 11.4 Å². The summed E-state index contributed by atoms with van der Waals surface area (Å²) in [6, 6.07) is 3.11. The molecule has 2 N–H and O–H groups in total. The van der Waals surface area contributed by atoms with Gasteiger partial charge in [0, 0.05) is 24.0 Å². The smallest absolute Gasteiger partial charge is 0.340 e. The van der Waals surface area contributed by atoms with Crippen LogP contribution in [0.15, 0.2) is 29.7 Å². The molecule has 0 bridgehead atoms. The summed E-state index contributed by atoms with van der Waals surface area (Å²) < 4.78 is 10.8. The zero-order valence-electron chi connectivity index (χ0n) is 17.3. The molecule has 1 fully saturated rings. The SMILES string of the molecule is CCOC(=O)C1=C(N)O[C@@H]2CC(C)(C)CC(=O)[C@H]2[C@@H]1c1ccc([N+](=O)[O-])cc1[N+](=O)[O-]. The molecule has 166 valence electrons. The topological polar surface area (TPSA) is 165 Å². The molecule has 1 saturated carbocycles. The Balaban J connectivity index is 2.25. The molecule has 1 heterocycles. The van der Waals surface area contributed by atoms with Gasteiger partial charge in [0.1, 0.15) is 17.5 Å². The summed E-state index contributed by atoms with van der Waals surface area (Å²) in [6.45, 7) is 5.39. The van der Waals surface area contributed by atoms with Crippen molar-refractivity contribution < 1.29 is 28.9 Å². The molecule has 11 nitrogen and oxygen atoms in total. The Kier molecular flexibility index (Phi) is 5.70. The molecule has 0 saturated heterocycles. The van der Waals surface area contributed by atoms with E-state index in [1.165, 1.54) is 6.07 Å². The van der Waals surface area contributed by atoms with Gasteiger partial charge in [-0.25, -0.2) is 4.79 Å². The van der Waals surface area contributed by atoms with E-state index in [9.17, 15) is 29.8 Å². The van der Waals surface area contributed by atoms with Crippen LogP contribution in [0.25, 0.3) is 0 Å². The number of nitrogens with two attached hydrogens (primary N) is 1. The van der Waals surface area contributed by atoms with Crippen molar-refractivity contribution in [2.45, 2.75) is 45.6 Å². The number of ketones is 1. The monoisotopic (exact) mass is 433 g/mol. The van der Waals surface area contributed by atoms with Crippen LogP contribution in [-0.2, 0) is 19.1 Å². The zero-order valence-corrected chi connectivity index (χ0v) is 17.3. The number of ether oxygens (including phenoxy) is 2. The van der Waals surface area contributed by atoms with Crippen LogP contribution >= 0.6 is 0 Å². The molecule has 1 aromatic rings. The molecular formula is C20H23N3O8. The highest BCUT2D eigenvalue weighted by Gasteiger charge is 2.53. The molecule has 0 unspecified atom stereocenters. The number of fused-ring (bicyclic) bond motifs is 1. The van der Waals surface area contributed by atoms with Crippen molar-refractivity contribution in [1.82, 2.24) is 0 Å². The van der Waals surface area contributed by atoms with Crippen molar-refractivity contribution in [2.75, 3.05) is 6.61 Å². The van der Waals surface area contributed by atoms with E-state index >= 15 is 0 Å². The average molecular weight is 433 g/mol. The minimum absolute atomic E-state index is 0.0137. The summed E-state index contributed by atoms with van der Waals surface area (Å²) in [7, 11) is 0. The Morgan fingerprint density at radius 3 is 2.55 bits per heavy atom. The lowest BCUT2D eigenvalue weighted by Gasteiger charge is -2.45. The van der Waals surface area contributed by atoms with Crippen LogP contribution in [0, 0.1) is 31.6 Å². The number of non-ortho nitro benzene ring substituents is 1. The molecule has 1 aromatic carbocycles. The van der Waals surface area contributed by atoms with Gasteiger partial charge in [-0.1, -0.05) is 13.8 Å². The molecule has 3 atom stereocenters. The predicted octanol–water partition coefficient (Wildman–Crippen LogP) is 2.72. The maximum absolute atomic E-state index is 13.1. The molecule has 2 aliphatic rings. The second-order valence-corrected chi connectivity index (χ2v) is 8.43. The fourth-order valence-corrected chi connectivity index (χ4v) is 4.47. The van der Waals surface area contributed by atoms with Crippen LogP contribution in [-0.4, -0.2) is 34.3 Å². The maximum Gasteiger partial charge on any atom is 0.340 e. The second-order valence-electron chi connectivity index (χ2n) is 8.43. The Labute approximate surface area is 177 Å². The van der Waals surface area contributed by atoms with Gasteiger partial charge in [-0.3, -0.25) is 25.0 Å². The summed E-state index contributed by atoms with van der Waals surface area (Å²) in [6.07, 6.45) is -0.0725. The van der Waals surface area contributed by atoms with Crippen molar-refractivity contribution in [3.05, 3.63) is 55.4 Å². The van der Waals surface area contributed by atoms with Gasteiger partial charge >= 0.3 is 5.97 Å². The fraction of sp³-hybridized carbons (Fsp3) is 0.500. The summed E-state index contributed by atoms with van der Waals surface area (Å²) in [5.74, 6) is -3.38. The van der Waals surface area contributed by atoms with Crippen molar-refractivity contribution in [3.8, 4) is 0 Å². The number of rotatable bonds is 5. The molecular weight excluding hydrogens is 410 g/mol. The minimum Gasteiger partial charge on any atom is -0.475 e. The molecule has 0 spiro atoms. The van der Waals surface area contributed by atoms with Crippen LogP contribution in [0.2, 0.25) is 0 Å². The first kappa shape index (κ1) is 22.2. The lowest BCUT2D eigenvalue weighted by atomic mass is 9.63. The lowest BCUT2D eigenvalue weighted by Crippen LogP contribution is -2.49. The van der Waals surface area contributed by atoms with Gasteiger partial charge in [0.2, 0.25) is 0 Å². The van der Waals surface area contributed by atoms with Gasteiger partial charge in [-0.15, -0.1) is 0 Å². The number of Topliss-reactive ketones (excluding diaryl/α,β-unsaturated/α-hetero) is 1. The fourth-order valence-electron chi connectivity index (χ4n) is 4.47. The van der Waals surface area contributed by atoms with Crippen LogP contribution in [0.4, 0.5) is 11.4 Å². The molecule has 0 amide bonds. The van der Waals surface area contributed by atoms with E-state index in [-0.39, 0.29) is 41.2 Å². The predicted molar refractivity (Wildman–Crippen MR) is 107 cm³/mol. The Morgan fingerprint density at radius 2 is 1.97 bits per heavy atom. The van der Waals surface area contributed by atoms with Gasteiger partial charge in [0.05, 0.1) is 28.4 Å². The third-order valence-corrected chi connectivity index (χ3v) is 5.64. The average Bonchev–Trinajstić information content (AvgIpc) is 2.65. The van der Waals surface area contributed by atoms with Crippen molar-refractivity contribution in [3.63, 3.8) is 0 Å². The molecule has 1 aliphatic carbocycles. The van der Waals surface area contributed by atoms with Gasteiger partial charge in [-0.2, -0.15) is 0 Å². The highest BCUT2D eigenvalue weighted by molar-refractivity contribution is 5.95. The minimum atomic E-state index is -1.12. The number of carbonyl (C=O) groups is 2. The lowest BCUT2D eigenvalue weighted by molar-refractivity contribution is -0.394. The maximum atomic E-state index is 13.1. The molecule has 0 aromatic heterocycles. The van der Waals surface area contributed by atoms with Crippen molar-refractivity contribution in [2.24, 2.45) is 17.1 Å². The number of nitro benzene ring substituents is 2. The Bertz CT molecular complexity index is 1000. The number of esters is 1. The molecule has 3 rings (SSSR count). The number of benzene rings is 1. The van der Waals surface area contributed by atoms with Crippen LogP contribution in [0.1, 0.15) is 45.1 Å². The number of nitrogens with zero attached hydrogens (tertiary/aromatic N) is 2. The molecule has 31 heavy (non-hydrogen) atoms. The first-order valence-electron chi connectivity index (χ1n) is 9.75. The summed E-state index contributed by atoms with van der Waals surface area (Å²) >= 11 is 0. The zero-order chi connectivity index (χ0) is 23.1. The highest BCUT2D eigenvalue weighted by atomic mass is 16.6. The number of hydrogen-bond donors (Lipinski definition) is 1. The third-order valence-electron chi connectivity index (χ3n) is 5.64. The summed E-state index contributed by atoms with van der Waals surface area (Å²) in [4.78, 5) is 47.2. The first-order chi connectivity index (χ1) is 14.5. The van der Waals surface area contributed by atoms with Crippen LogP contribution in [0.3, 0.4) is 0 Å². The van der Waals surface area contributed by atoms with Crippen LogP contribution < -0.4 is 5.73 Å². The Hall–Kier alpha value is -3.50. The van der Waals surface area contributed by atoms with Crippen LogP contribution in [0.5, 0.6) is 0 Å². The Morgan fingerprint density at radius 1 is 1.29 bits per heavy atom. The van der Waals surface area contributed by atoms with E-state index in [0.717, 1.165) is 12.1 Å². The third kappa shape index (κ3) is 4.07. The van der Waals surface area contributed by atoms with E-state index in [2.05, 4.69) is 0 Å². The summed E-state index contributed by atoms with van der Waals surface area (Å²) in [5.41, 5.74) is 4.40. The van der Waals surface area contributed by atoms with E-state index < -0.39 is 45.1 Å². The standard InChI is InChI=1S/C20H23N3O8/c1-4-30-19(25)17-15(11-6-5-10(22(26)27)7-12(11)23(28)29)16-13(24)8-20(2,3)9-14(16)31-18(17)21/h5-7,14-16H,4,8-9,21H2,1-3H3/t14-,15+,16-/m1/s1. The highest BCUT2D eigenvalue weighted by Crippen LogP contribution is 2.51. The number of hydrogen-bond acceptors (Lipinski definition) is 9. The van der Waals surface area contributed by atoms with Gasteiger partial charge in [-0.05, 0) is 24.8 Å². The number of carbonyl (C=O) groups excluding carboxylic acids is 2. The van der Waals surface area contributed by atoms with E-state index in [0.29, 0.717) is 6.42 Å². The van der Waals surface area contributed by atoms with Crippen molar-refractivity contribution >= 4 is 23.1 Å². The largest absolute Gasteiger partial charge is 0.475 e. The normalized spacial score (nSPS) is 24.7. The second kappa shape index (κ2) is 7.97. The number of nitro groups is 2. The van der Waals surface area contributed by atoms with Crippen molar-refractivity contribution in [1.29, 1.82) is 0 Å². The summed E-state index contributed by atoms with van der Waals surface area (Å²) in [5, 5.41) is 22.9. The van der Waals surface area contributed by atoms with Gasteiger partial charge in [0.15, 0.2) is 5.88 Å². The molecule has 11 heteroatoms. The van der Waals surface area contributed by atoms with E-state index in [4.69, 9.17) is 15.2 Å². The van der Waals surface area contributed by atoms with E-state index in [1.807, 2.05) is 13.8 Å². The molecule has 0 radical (unpaired) electrons. The first-order valence-corrected chi connectivity index (χ1v) is 9.75. The quantitative estimate of drug-likeness (QED) is 0.417. The van der Waals surface area contributed by atoms with E-state index in [1.54, 1.807) is 6.92 Å². The molecule has 1 aliphatic heterocycles. The van der Waals surface area contributed by atoms with Gasteiger partial charge < -0.3 is 15.2 Å².